The molecule has 0 spiro atoms. The van der Waals surface area contributed by atoms with E-state index in [0.717, 1.165) is 12.2 Å². The molecule has 2 N–H and O–H groups in total. The molecule has 1 aromatic heterocycles. The van der Waals surface area contributed by atoms with Gasteiger partial charge in [-0.2, -0.15) is 5.10 Å². The van der Waals surface area contributed by atoms with Crippen molar-refractivity contribution in [2.45, 2.75) is 16.3 Å². The maximum Gasteiger partial charge on any atom is 0.101 e. The quantitative estimate of drug-likeness (QED) is 0.565. The fourth-order valence-corrected chi connectivity index (χ4v) is 4.02. The predicted molar refractivity (Wildman–Crippen MR) is 97.1 cm³/mol. The number of rotatable bonds is 5. The molecule has 4 nitrogen and oxygen atoms in total. The van der Waals surface area contributed by atoms with Crippen LogP contribution < -0.4 is 5.73 Å². The summed E-state index contributed by atoms with van der Waals surface area (Å²) in [4.78, 5) is 2.51. The minimum atomic E-state index is 0.549. The second kappa shape index (κ2) is 6.81. The summed E-state index contributed by atoms with van der Waals surface area (Å²) in [5.74, 6) is 0. The lowest BCUT2D eigenvalue weighted by Crippen LogP contribution is -2.12. The van der Waals surface area contributed by atoms with Crippen molar-refractivity contribution in [2.24, 2.45) is 5.73 Å². The van der Waals surface area contributed by atoms with Crippen molar-refractivity contribution in [1.29, 1.82) is 0 Å². The largest absolute Gasteiger partial charge is 0.378 e. The third-order valence-corrected chi connectivity index (χ3v) is 5.18. The standard InChI is InChI=1S/C19H19N3OS/c20-9-11-23-12-10-22-13-16-14-5-1-3-7-17(14)24-18-8-4-2-6-15(18)19(16)21-22/h1-8,13H,9-12,20H2. The summed E-state index contributed by atoms with van der Waals surface area (Å²) in [6.07, 6.45) is 2.13. The summed E-state index contributed by atoms with van der Waals surface area (Å²) in [6, 6.07) is 17.0. The van der Waals surface area contributed by atoms with E-state index < -0.39 is 0 Å². The highest BCUT2D eigenvalue weighted by Crippen LogP contribution is 2.46. The fourth-order valence-electron chi connectivity index (χ4n) is 2.92. The van der Waals surface area contributed by atoms with Gasteiger partial charge in [0.25, 0.3) is 0 Å². The van der Waals surface area contributed by atoms with Crippen molar-refractivity contribution in [3.8, 4) is 22.4 Å². The number of ether oxygens (including phenoxy) is 1. The van der Waals surface area contributed by atoms with Crippen LogP contribution >= 0.6 is 11.8 Å². The Morgan fingerprint density at radius 2 is 1.62 bits per heavy atom. The molecule has 5 heteroatoms. The van der Waals surface area contributed by atoms with Gasteiger partial charge in [-0.05, 0) is 17.7 Å². The number of hydrogen-bond acceptors (Lipinski definition) is 4. The lowest BCUT2D eigenvalue weighted by Gasteiger charge is -2.06. The summed E-state index contributed by atoms with van der Waals surface area (Å²) in [5, 5.41) is 4.84. The Bertz CT molecular complexity index is 796. The monoisotopic (exact) mass is 337 g/mol. The molecule has 0 atom stereocenters. The third-order valence-electron chi connectivity index (χ3n) is 4.03. The van der Waals surface area contributed by atoms with Crippen molar-refractivity contribution in [3.05, 3.63) is 54.7 Å². The van der Waals surface area contributed by atoms with E-state index in [1.54, 1.807) is 0 Å². The number of nitrogens with zero attached hydrogens (tertiary/aromatic N) is 2. The van der Waals surface area contributed by atoms with Gasteiger partial charge in [0.05, 0.1) is 19.8 Å². The van der Waals surface area contributed by atoms with Crippen LogP contribution in [0.5, 0.6) is 0 Å². The van der Waals surface area contributed by atoms with Crippen LogP contribution in [0.4, 0.5) is 0 Å². The highest BCUT2D eigenvalue weighted by atomic mass is 32.2. The summed E-state index contributed by atoms with van der Waals surface area (Å²) in [7, 11) is 0. The number of aromatic nitrogens is 2. The molecule has 0 bridgehead atoms. The Kier molecular flexibility index (Phi) is 4.38. The third kappa shape index (κ3) is 2.86. The number of hydrogen-bond donors (Lipinski definition) is 1. The second-order valence-electron chi connectivity index (χ2n) is 5.65. The average molecular weight is 337 g/mol. The Morgan fingerprint density at radius 1 is 0.917 bits per heavy atom. The maximum atomic E-state index is 5.49. The molecule has 122 valence electrons. The van der Waals surface area contributed by atoms with Crippen LogP contribution in [0.1, 0.15) is 0 Å². The second-order valence-corrected chi connectivity index (χ2v) is 6.73. The van der Waals surface area contributed by atoms with E-state index >= 15 is 0 Å². The van der Waals surface area contributed by atoms with Crippen molar-refractivity contribution in [2.75, 3.05) is 19.8 Å². The van der Waals surface area contributed by atoms with Crippen molar-refractivity contribution in [1.82, 2.24) is 9.78 Å². The number of nitrogens with two attached hydrogens (primary N) is 1. The van der Waals surface area contributed by atoms with Crippen LogP contribution in [0.15, 0.2) is 64.5 Å². The first-order chi connectivity index (χ1) is 11.9. The van der Waals surface area contributed by atoms with Crippen molar-refractivity contribution < 1.29 is 4.74 Å². The highest BCUT2D eigenvalue weighted by Gasteiger charge is 2.22. The van der Waals surface area contributed by atoms with Gasteiger partial charge in [0, 0.05) is 33.7 Å². The Balaban J connectivity index is 1.77. The van der Waals surface area contributed by atoms with E-state index in [1.165, 1.54) is 26.5 Å². The molecule has 0 radical (unpaired) electrons. The highest BCUT2D eigenvalue weighted by molar-refractivity contribution is 7.99. The minimum absolute atomic E-state index is 0.549. The normalized spacial score (nSPS) is 12.2. The molecular formula is C19H19N3OS. The van der Waals surface area contributed by atoms with Gasteiger partial charge in [-0.15, -0.1) is 0 Å². The first-order valence-electron chi connectivity index (χ1n) is 8.09. The van der Waals surface area contributed by atoms with Gasteiger partial charge in [0.2, 0.25) is 0 Å². The number of benzene rings is 2. The smallest absolute Gasteiger partial charge is 0.101 e. The lowest BCUT2D eigenvalue weighted by atomic mass is 10.0. The molecule has 0 amide bonds. The van der Waals surface area contributed by atoms with E-state index in [1.807, 2.05) is 16.4 Å². The zero-order chi connectivity index (χ0) is 16.4. The molecule has 24 heavy (non-hydrogen) atoms. The van der Waals surface area contributed by atoms with E-state index in [4.69, 9.17) is 15.6 Å². The van der Waals surface area contributed by atoms with Crippen LogP contribution in [-0.2, 0) is 11.3 Å². The maximum absolute atomic E-state index is 5.49. The van der Waals surface area contributed by atoms with Gasteiger partial charge >= 0.3 is 0 Å². The van der Waals surface area contributed by atoms with Crippen LogP contribution in [0.2, 0.25) is 0 Å². The van der Waals surface area contributed by atoms with E-state index in [9.17, 15) is 0 Å². The molecule has 3 aromatic rings. The summed E-state index contributed by atoms with van der Waals surface area (Å²) in [6.45, 7) is 2.48. The van der Waals surface area contributed by atoms with Crippen LogP contribution in [0, 0.1) is 0 Å². The summed E-state index contributed by atoms with van der Waals surface area (Å²) >= 11 is 1.81. The van der Waals surface area contributed by atoms with Crippen LogP contribution in [0.3, 0.4) is 0 Å². The molecule has 1 aliphatic heterocycles. The van der Waals surface area contributed by atoms with Gasteiger partial charge in [-0.1, -0.05) is 48.2 Å². The predicted octanol–water partition coefficient (Wildman–Crippen LogP) is 3.66. The van der Waals surface area contributed by atoms with Gasteiger partial charge in [-0.3, -0.25) is 4.68 Å². The van der Waals surface area contributed by atoms with Crippen LogP contribution in [-0.4, -0.2) is 29.5 Å². The fraction of sp³-hybridized carbons (Fsp3) is 0.211. The molecule has 0 unspecified atom stereocenters. The Morgan fingerprint density at radius 3 is 2.42 bits per heavy atom. The molecule has 0 fully saturated rings. The molecule has 4 rings (SSSR count). The Hall–Kier alpha value is -2.08. The average Bonchev–Trinajstić information content (AvgIpc) is 2.98. The van der Waals surface area contributed by atoms with E-state index in [0.29, 0.717) is 19.8 Å². The Labute approximate surface area is 145 Å². The first-order valence-corrected chi connectivity index (χ1v) is 8.90. The van der Waals surface area contributed by atoms with Crippen molar-refractivity contribution in [3.63, 3.8) is 0 Å². The molecule has 1 aliphatic rings. The summed E-state index contributed by atoms with van der Waals surface area (Å²) < 4.78 is 7.47. The minimum Gasteiger partial charge on any atom is -0.378 e. The van der Waals surface area contributed by atoms with E-state index in [2.05, 4.69) is 54.7 Å². The zero-order valence-electron chi connectivity index (χ0n) is 13.3. The molecular weight excluding hydrogens is 318 g/mol. The van der Waals surface area contributed by atoms with Crippen LogP contribution in [0.25, 0.3) is 22.4 Å². The topological polar surface area (TPSA) is 53.1 Å². The SMILES string of the molecule is NCCOCCn1cc2c(n1)-c1ccccc1Sc1ccccc1-2. The zero-order valence-corrected chi connectivity index (χ0v) is 14.1. The van der Waals surface area contributed by atoms with Gasteiger partial charge in [-0.25, -0.2) is 0 Å². The molecule has 0 saturated carbocycles. The summed E-state index contributed by atoms with van der Waals surface area (Å²) in [5.41, 5.74) is 10.1. The van der Waals surface area contributed by atoms with Gasteiger partial charge in [0.1, 0.15) is 5.69 Å². The van der Waals surface area contributed by atoms with E-state index in [-0.39, 0.29) is 0 Å². The first kappa shape index (κ1) is 15.4. The van der Waals surface area contributed by atoms with Crippen molar-refractivity contribution >= 4 is 11.8 Å². The van der Waals surface area contributed by atoms with Gasteiger partial charge in [0.15, 0.2) is 0 Å². The molecule has 2 aromatic carbocycles. The number of fused-ring (bicyclic) bond motifs is 5. The molecule has 0 aliphatic carbocycles. The van der Waals surface area contributed by atoms with Gasteiger partial charge < -0.3 is 10.5 Å². The molecule has 2 heterocycles. The molecule has 0 saturated heterocycles. The lowest BCUT2D eigenvalue weighted by molar-refractivity contribution is 0.131.